The first kappa shape index (κ1) is 22.1. The molecule has 8 heteroatoms. The van der Waals surface area contributed by atoms with E-state index in [1.54, 1.807) is 12.1 Å². The molecule has 152 valence electrons. The van der Waals surface area contributed by atoms with E-state index in [2.05, 4.69) is 4.90 Å². The molecule has 1 fully saturated rings. The van der Waals surface area contributed by atoms with Crippen molar-refractivity contribution in [1.29, 1.82) is 0 Å². The number of hydrogen-bond acceptors (Lipinski definition) is 4. The van der Waals surface area contributed by atoms with Crippen LogP contribution >= 0.6 is 12.4 Å². The molecule has 0 amide bonds. The lowest BCUT2D eigenvalue weighted by Gasteiger charge is -2.32. The molecule has 1 aliphatic heterocycles. The van der Waals surface area contributed by atoms with Gasteiger partial charge in [-0.3, -0.25) is 9.69 Å². The van der Waals surface area contributed by atoms with E-state index in [-0.39, 0.29) is 37.1 Å². The zero-order chi connectivity index (χ0) is 19.2. The van der Waals surface area contributed by atoms with Gasteiger partial charge >= 0.3 is 5.97 Å². The molecule has 2 aromatic rings. The average Bonchev–Trinajstić information content (AvgIpc) is 2.67. The first-order valence-corrected chi connectivity index (χ1v) is 8.74. The first-order chi connectivity index (χ1) is 13.0. The van der Waals surface area contributed by atoms with E-state index < -0.39 is 17.6 Å². The van der Waals surface area contributed by atoms with Crippen molar-refractivity contribution in [3.63, 3.8) is 0 Å². The molecule has 5 nitrogen and oxygen atoms in total. The molecule has 1 N–H and O–H groups in total. The number of aliphatic carboxylic acids is 1. The summed E-state index contributed by atoms with van der Waals surface area (Å²) in [6.07, 6.45) is -0.0443. The molecule has 1 unspecified atom stereocenters. The van der Waals surface area contributed by atoms with Crippen molar-refractivity contribution in [1.82, 2.24) is 4.90 Å². The van der Waals surface area contributed by atoms with Gasteiger partial charge in [-0.2, -0.15) is 0 Å². The lowest BCUT2D eigenvalue weighted by molar-refractivity contribution is -0.137. The summed E-state index contributed by atoms with van der Waals surface area (Å²) in [7, 11) is 0. The largest absolute Gasteiger partial charge is 0.489 e. The Labute approximate surface area is 168 Å². The number of halogens is 3. The Bertz CT molecular complexity index is 768. The summed E-state index contributed by atoms with van der Waals surface area (Å²) >= 11 is 0. The third-order valence-corrected chi connectivity index (χ3v) is 4.49. The fourth-order valence-corrected chi connectivity index (χ4v) is 2.97. The van der Waals surface area contributed by atoms with Crippen LogP contribution in [0.2, 0.25) is 0 Å². The Kier molecular flexibility index (Phi) is 8.17. The molecule has 1 heterocycles. The molecule has 28 heavy (non-hydrogen) atoms. The number of rotatable bonds is 7. The highest BCUT2D eigenvalue weighted by molar-refractivity contribution is 5.85. The molecular weight excluding hydrogens is 392 g/mol. The molecular formula is C20H22ClF2NO4. The van der Waals surface area contributed by atoms with E-state index >= 15 is 0 Å². The van der Waals surface area contributed by atoms with E-state index in [0.29, 0.717) is 32.0 Å². The van der Waals surface area contributed by atoms with Crippen molar-refractivity contribution >= 4 is 18.4 Å². The maximum atomic E-state index is 13.6. The van der Waals surface area contributed by atoms with Crippen molar-refractivity contribution in [2.24, 2.45) is 0 Å². The minimum atomic E-state index is -0.814. The molecule has 0 spiro atoms. The van der Waals surface area contributed by atoms with Gasteiger partial charge in [0.2, 0.25) is 0 Å². The second kappa shape index (κ2) is 10.4. The number of carboxylic acid groups (broad SMARTS) is 1. The summed E-state index contributed by atoms with van der Waals surface area (Å²) in [4.78, 5) is 12.8. The van der Waals surface area contributed by atoms with Crippen LogP contribution in [0.25, 0.3) is 0 Å². The lowest BCUT2D eigenvalue weighted by Crippen LogP contribution is -2.39. The summed E-state index contributed by atoms with van der Waals surface area (Å²) in [5, 5.41) is 8.81. The number of benzene rings is 2. The summed E-state index contributed by atoms with van der Waals surface area (Å²) < 4.78 is 38.5. The molecule has 1 atom stereocenters. The van der Waals surface area contributed by atoms with Gasteiger partial charge in [0.1, 0.15) is 24.0 Å². The van der Waals surface area contributed by atoms with Gasteiger partial charge in [0.25, 0.3) is 0 Å². The number of nitrogens with zero attached hydrogens (tertiary/aromatic N) is 1. The van der Waals surface area contributed by atoms with E-state index in [1.165, 1.54) is 18.2 Å². The normalized spacial score (nSPS) is 17.0. The van der Waals surface area contributed by atoms with Gasteiger partial charge in [-0.05, 0) is 29.8 Å². The Morgan fingerprint density at radius 3 is 2.50 bits per heavy atom. The maximum Gasteiger partial charge on any atom is 0.304 e. The second-order valence-corrected chi connectivity index (χ2v) is 6.36. The van der Waals surface area contributed by atoms with Crippen molar-refractivity contribution < 1.29 is 28.2 Å². The van der Waals surface area contributed by atoms with Crippen molar-refractivity contribution in [3.8, 4) is 5.75 Å². The molecule has 0 saturated carbocycles. The van der Waals surface area contributed by atoms with Crippen LogP contribution < -0.4 is 4.74 Å². The number of carbonyl (C=O) groups is 1. The van der Waals surface area contributed by atoms with E-state index in [1.807, 2.05) is 12.1 Å². The van der Waals surface area contributed by atoms with Crippen LogP contribution in [0.1, 0.15) is 23.7 Å². The Morgan fingerprint density at radius 1 is 1.18 bits per heavy atom. The van der Waals surface area contributed by atoms with Crippen LogP contribution in [-0.4, -0.2) is 42.2 Å². The zero-order valence-corrected chi connectivity index (χ0v) is 16.0. The predicted octanol–water partition coefficient (Wildman–Crippen LogP) is 3.81. The highest BCUT2D eigenvalue weighted by Crippen LogP contribution is 2.25. The van der Waals surface area contributed by atoms with E-state index in [9.17, 15) is 13.6 Å². The monoisotopic (exact) mass is 413 g/mol. The first-order valence-electron chi connectivity index (χ1n) is 8.74. The fourth-order valence-electron chi connectivity index (χ4n) is 2.97. The Balaban J connectivity index is 0.00000280. The standard InChI is InChI=1S/C20H21F2NO4.ClH/c21-17-2-1-3-18(22)16(17)13-27-15-6-4-14(5-7-15)19-12-23(10-11-26-19)9-8-20(24)25;/h1-7,19H,8-13H2,(H,24,25);1H. The van der Waals surface area contributed by atoms with E-state index in [0.717, 1.165) is 5.56 Å². The minimum Gasteiger partial charge on any atom is -0.489 e. The van der Waals surface area contributed by atoms with Crippen molar-refractivity contribution in [3.05, 3.63) is 65.2 Å². The molecule has 0 radical (unpaired) electrons. The van der Waals surface area contributed by atoms with E-state index in [4.69, 9.17) is 14.6 Å². The maximum absolute atomic E-state index is 13.6. The summed E-state index contributed by atoms with van der Waals surface area (Å²) in [6.45, 7) is 2.16. The molecule has 1 saturated heterocycles. The molecule has 3 rings (SSSR count). The van der Waals surface area contributed by atoms with Crippen LogP contribution in [-0.2, 0) is 16.1 Å². The third-order valence-electron chi connectivity index (χ3n) is 4.49. The van der Waals surface area contributed by atoms with Crippen LogP contribution in [0.4, 0.5) is 8.78 Å². The molecule has 1 aliphatic rings. The molecule has 0 aliphatic carbocycles. The van der Waals surface area contributed by atoms with Gasteiger partial charge in [-0.1, -0.05) is 18.2 Å². The van der Waals surface area contributed by atoms with Crippen LogP contribution in [0.15, 0.2) is 42.5 Å². The lowest BCUT2D eigenvalue weighted by atomic mass is 10.1. The van der Waals surface area contributed by atoms with Crippen LogP contribution in [0, 0.1) is 11.6 Å². The van der Waals surface area contributed by atoms with Crippen molar-refractivity contribution in [2.45, 2.75) is 19.1 Å². The minimum absolute atomic E-state index is 0. The quantitative estimate of drug-likeness (QED) is 0.748. The summed E-state index contributed by atoms with van der Waals surface area (Å²) in [5.74, 6) is -1.59. The predicted molar refractivity (Wildman–Crippen MR) is 102 cm³/mol. The molecule has 0 aromatic heterocycles. The SMILES string of the molecule is Cl.O=C(O)CCN1CCOC(c2ccc(OCc3c(F)cccc3F)cc2)C1. The second-order valence-electron chi connectivity index (χ2n) is 6.36. The van der Waals surface area contributed by atoms with Gasteiger partial charge in [-0.25, -0.2) is 8.78 Å². The Morgan fingerprint density at radius 2 is 1.86 bits per heavy atom. The number of hydrogen-bond donors (Lipinski definition) is 1. The smallest absolute Gasteiger partial charge is 0.304 e. The van der Waals surface area contributed by atoms with Crippen molar-refractivity contribution in [2.75, 3.05) is 26.2 Å². The number of morpholine rings is 1. The van der Waals surface area contributed by atoms with Gasteiger partial charge in [0, 0.05) is 19.6 Å². The average molecular weight is 414 g/mol. The van der Waals surface area contributed by atoms with Crippen LogP contribution in [0.5, 0.6) is 5.75 Å². The van der Waals surface area contributed by atoms with Gasteiger partial charge in [0.05, 0.1) is 24.7 Å². The highest BCUT2D eigenvalue weighted by atomic mass is 35.5. The van der Waals surface area contributed by atoms with Gasteiger partial charge in [-0.15, -0.1) is 12.4 Å². The highest BCUT2D eigenvalue weighted by Gasteiger charge is 2.22. The summed E-state index contributed by atoms with van der Waals surface area (Å²) in [6, 6.07) is 10.9. The number of carboxylic acids is 1. The van der Waals surface area contributed by atoms with Gasteiger partial charge < -0.3 is 14.6 Å². The number of ether oxygens (including phenoxy) is 2. The molecule has 2 aromatic carbocycles. The zero-order valence-electron chi connectivity index (χ0n) is 15.1. The fraction of sp³-hybridized carbons (Fsp3) is 0.350. The summed E-state index contributed by atoms with van der Waals surface area (Å²) in [5.41, 5.74) is 0.839. The third kappa shape index (κ3) is 5.89. The Hall–Kier alpha value is -2.22. The van der Waals surface area contributed by atoms with Crippen LogP contribution in [0.3, 0.4) is 0 Å². The van der Waals surface area contributed by atoms with Gasteiger partial charge in [0.15, 0.2) is 0 Å². The topological polar surface area (TPSA) is 59.0 Å². The molecule has 0 bridgehead atoms.